The average Bonchev–Trinajstić information content (AvgIpc) is 2.24. The van der Waals surface area contributed by atoms with Gasteiger partial charge in [0.05, 0.1) is 0 Å². The lowest BCUT2D eigenvalue weighted by atomic mass is 10.2. The highest BCUT2D eigenvalue weighted by Gasteiger charge is 2.00. The molecule has 90 valence electrons. The Morgan fingerprint density at radius 3 is 2.81 bits per heavy atom. The Morgan fingerprint density at radius 2 is 2.12 bits per heavy atom. The van der Waals surface area contributed by atoms with Crippen LogP contribution in [0.5, 0.6) is 0 Å². The first-order chi connectivity index (χ1) is 7.72. The second kappa shape index (κ2) is 7.25. The number of methoxy groups -OCH3 is 1. The Balaban J connectivity index is 2.25. The Morgan fingerprint density at radius 1 is 1.31 bits per heavy atom. The molecule has 0 aromatic heterocycles. The molecule has 0 aliphatic heterocycles. The van der Waals surface area contributed by atoms with Crippen molar-refractivity contribution in [3.05, 3.63) is 29.8 Å². The minimum absolute atomic E-state index is 0.838. The van der Waals surface area contributed by atoms with Crippen molar-refractivity contribution in [2.24, 2.45) is 0 Å². The van der Waals surface area contributed by atoms with Crippen LogP contribution >= 0.6 is 0 Å². The number of rotatable bonds is 7. The first-order valence-electron chi connectivity index (χ1n) is 5.74. The lowest BCUT2D eigenvalue weighted by Crippen LogP contribution is -2.19. The van der Waals surface area contributed by atoms with Gasteiger partial charge in [-0.05, 0) is 44.1 Å². The standard InChI is InChI=1S/C13H22N2O/c1-15(8-3-4-9-16-2)11-12-6-5-7-13(14)10-12/h5-7,10H,3-4,8-9,11,14H2,1-2H3. The summed E-state index contributed by atoms with van der Waals surface area (Å²) in [4.78, 5) is 2.31. The number of ether oxygens (including phenoxy) is 1. The lowest BCUT2D eigenvalue weighted by molar-refractivity contribution is 0.186. The molecule has 0 saturated heterocycles. The maximum Gasteiger partial charge on any atom is 0.0462 e. The van der Waals surface area contributed by atoms with Crippen molar-refractivity contribution in [1.29, 1.82) is 0 Å². The van der Waals surface area contributed by atoms with Crippen LogP contribution in [-0.4, -0.2) is 32.2 Å². The molecule has 0 atom stereocenters. The van der Waals surface area contributed by atoms with E-state index in [1.807, 2.05) is 18.2 Å². The van der Waals surface area contributed by atoms with Crippen molar-refractivity contribution in [2.75, 3.05) is 33.0 Å². The molecule has 3 heteroatoms. The number of nitrogens with zero attached hydrogens (tertiary/aromatic N) is 1. The van der Waals surface area contributed by atoms with E-state index in [-0.39, 0.29) is 0 Å². The van der Waals surface area contributed by atoms with Gasteiger partial charge in [0.1, 0.15) is 0 Å². The zero-order chi connectivity index (χ0) is 11.8. The minimum atomic E-state index is 0.838. The fourth-order valence-electron chi connectivity index (χ4n) is 1.71. The summed E-state index contributed by atoms with van der Waals surface area (Å²) in [5.74, 6) is 0. The van der Waals surface area contributed by atoms with E-state index < -0.39 is 0 Å². The van der Waals surface area contributed by atoms with E-state index in [0.717, 1.165) is 31.8 Å². The van der Waals surface area contributed by atoms with Crippen molar-refractivity contribution in [2.45, 2.75) is 19.4 Å². The highest BCUT2D eigenvalue weighted by atomic mass is 16.5. The van der Waals surface area contributed by atoms with Crippen LogP contribution in [0.25, 0.3) is 0 Å². The quantitative estimate of drug-likeness (QED) is 0.567. The first-order valence-corrected chi connectivity index (χ1v) is 5.74. The molecule has 0 saturated carbocycles. The monoisotopic (exact) mass is 222 g/mol. The van der Waals surface area contributed by atoms with Crippen LogP contribution in [-0.2, 0) is 11.3 Å². The number of nitrogen functional groups attached to an aromatic ring is 1. The van der Waals surface area contributed by atoms with E-state index in [1.165, 1.54) is 12.0 Å². The van der Waals surface area contributed by atoms with Crippen molar-refractivity contribution >= 4 is 5.69 Å². The van der Waals surface area contributed by atoms with Crippen LogP contribution in [0.4, 0.5) is 5.69 Å². The zero-order valence-electron chi connectivity index (χ0n) is 10.3. The molecule has 0 spiro atoms. The van der Waals surface area contributed by atoms with E-state index in [1.54, 1.807) is 7.11 Å². The lowest BCUT2D eigenvalue weighted by Gasteiger charge is -2.16. The molecular formula is C13H22N2O. The van der Waals surface area contributed by atoms with E-state index in [2.05, 4.69) is 18.0 Å². The van der Waals surface area contributed by atoms with Crippen molar-refractivity contribution in [3.8, 4) is 0 Å². The molecule has 1 rings (SSSR count). The largest absolute Gasteiger partial charge is 0.399 e. The van der Waals surface area contributed by atoms with Gasteiger partial charge >= 0.3 is 0 Å². The second-order valence-corrected chi connectivity index (χ2v) is 4.18. The molecular weight excluding hydrogens is 200 g/mol. The molecule has 0 aliphatic carbocycles. The number of hydrogen-bond acceptors (Lipinski definition) is 3. The van der Waals surface area contributed by atoms with Gasteiger partial charge in [-0.15, -0.1) is 0 Å². The summed E-state index contributed by atoms with van der Waals surface area (Å²) in [6, 6.07) is 8.07. The smallest absolute Gasteiger partial charge is 0.0462 e. The Hall–Kier alpha value is -1.06. The van der Waals surface area contributed by atoms with Crippen LogP contribution in [0.15, 0.2) is 24.3 Å². The highest BCUT2D eigenvalue weighted by Crippen LogP contribution is 2.09. The fraction of sp³-hybridized carbons (Fsp3) is 0.538. The third kappa shape index (κ3) is 5.14. The maximum absolute atomic E-state index is 5.74. The predicted molar refractivity (Wildman–Crippen MR) is 68.3 cm³/mol. The summed E-state index contributed by atoms with van der Waals surface area (Å²) in [6.07, 6.45) is 2.30. The zero-order valence-corrected chi connectivity index (χ0v) is 10.3. The van der Waals surface area contributed by atoms with Gasteiger partial charge in [-0.1, -0.05) is 12.1 Å². The Labute approximate surface area is 98.2 Å². The van der Waals surface area contributed by atoms with E-state index in [9.17, 15) is 0 Å². The molecule has 1 aromatic carbocycles. The Kier molecular flexibility index (Phi) is 5.90. The maximum atomic E-state index is 5.74. The van der Waals surface area contributed by atoms with Crippen molar-refractivity contribution < 1.29 is 4.74 Å². The molecule has 0 radical (unpaired) electrons. The fourth-order valence-corrected chi connectivity index (χ4v) is 1.71. The van der Waals surface area contributed by atoms with E-state index in [0.29, 0.717) is 0 Å². The van der Waals surface area contributed by atoms with Crippen molar-refractivity contribution in [1.82, 2.24) is 4.90 Å². The predicted octanol–water partition coefficient (Wildman–Crippen LogP) is 2.13. The van der Waals surface area contributed by atoms with Crippen LogP contribution in [0, 0.1) is 0 Å². The number of unbranched alkanes of at least 4 members (excludes halogenated alkanes) is 1. The topological polar surface area (TPSA) is 38.5 Å². The average molecular weight is 222 g/mol. The summed E-state index contributed by atoms with van der Waals surface area (Å²) >= 11 is 0. The molecule has 0 heterocycles. The minimum Gasteiger partial charge on any atom is -0.399 e. The normalized spacial score (nSPS) is 10.9. The van der Waals surface area contributed by atoms with Crippen LogP contribution in [0.3, 0.4) is 0 Å². The van der Waals surface area contributed by atoms with Gasteiger partial charge < -0.3 is 15.4 Å². The molecule has 0 aliphatic rings. The summed E-state index contributed by atoms with van der Waals surface area (Å²) in [6.45, 7) is 2.91. The second-order valence-electron chi connectivity index (χ2n) is 4.18. The number of anilines is 1. The summed E-state index contributed by atoms with van der Waals surface area (Å²) in [5.41, 5.74) is 7.85. The molecule has 0 fully saturated rings. The van der Waals surface area contributed by atoms with Gasteiger partial charge in [-0.2, -0.15) is 0 Å². The number of hydrogen-bond donors (Lipinski definition) is 1. The molecule has 2 N–H and O–H groups in total. The SMILES string of the molecule is COCCCCN(C)Cc1cccc(N)c1. The number of benzene rings is 1. The van der Waals surface area contributed by atoms with Gasteiger partial charge in [-0.3, -0.25) is 0 Å². The highest BCUT2D eigenvalue weighted by molar-refractivity contribution is 5.40. The molecule has 1 aromatic rings. The van der Waals surface area contributed by atoms with Crippen molar-refractivity contribution in [3.63, 3.8) is 0 Å². The molecule has 16 heavy (non-hydrogen) atoms. The molecule has 0 bridgehead atoms. The van der Waals surface area contributed by atoms with Gasteiger partial charge in [0.2, 0.25) is 0 Å². The molecule has 0 unspecified atom stereocenters. The van der Waals surface area contributed by atoms with E-state index in [4.69, 9.17) is 10.5 Å². The third-order valence-electron chi connectivity index (χ3n) is 2.54. The third-order valence-corrected chi connectivity index (χ3v) is 2.54. The van der Waals surface area contributed by atoms with Gasteiger partial charge in [0.25, 0.3) is 0 Å². The summed E-state index contributed by atoms with van der Waals surface area (Å²) in [7, 11) is 3.88. The summed E-state index contributed by atoms with van der Waals surface area (Å²) < 4.78 is 5.02. The van der Waals surface area contributed by atoms with E-state index >= 15 is 0 Å². The van der Waals surface area contributed by atoms with Gasteiger partial charge in [0, 0.05) is 25.9 Å². The Bertz CT molecular complexity index is 302. The van der Waals surface area contributed by atoms with Gasteiger partial charge in [0.15, 0.2) is 0 Å². The molecule has 3 nitrogen and oxygen atoms in total. The van der Waals surface area contributed by atoms with Gasteiger partial charge in [-0.25, -0.2) is 0 Å². The number of nitrogens with two attached hydrogens (primary N) is 1. The van der Waals surface area contributed by atoms with Crippen LogP contribution < -0.4 is 5.73 Å². The van der Waals surface area contributed by atoms with Crippen LogP contribution in [0.1, 0.15) is 18.4 Å². The van der Waals surface area contributed by atoms with Crippen LogP contribution in [0.2, 0.25) is 0 Å². The summed E-state index contributed by atoms with van der Waals surface area (Å²) in [5, 5.41) is 0. The first kappa shape index (κ1) is 13.0. The molecule has 0 amide bonds.